The number of aromatic nitrogens is 2. The molecule has 1 aromatic heterocycles. The SMILES string of the molecule is CCC(N)=O.Cc1[c-]c([C@@H]2[C@H](N3CCCCC3)CCN2C(=O)Cn2nc(C3CC3)cc2C(C)(F)F)cc(F)c1.[Cr]. The van der Waals surface area contributed by atoms with Crippen LogP contribution in [0, 0.1) is 18.8 Å². The Morgan fingerprint density at radius 1 is 1.10 bits per heavy atom. The number of carbonyl (C=O) groups is 2. The number of primary amides is 1. The predicted octanol–water partition coefficient (Wildman–Crippen LogP) is 4.83. The number of rotatable bonds is 7. The standard InChI is InChI=1S/C26H32F3N4O.C3H7NO.Cr/c1-17-12-19(14-20(27)13-17)25-22(31-9-4-3-5-10-31)8-11-32(25)24(34)16-33-23(26(2,28)29)15-21(30-33)18-6-7-18;1-2-3(4)5;/h13-15,18,22,25H,3-11,16H2,1-2H3;2H2,1H3,(H2,4,5);/q-1;;/t22-,25-;;/m1../s1. The van der Waals surface area contributed by atoms with Gasteiger partial charge < -0.3 is 10.6 Å². The Bertz CT molecular complexity index is 1150. The minimum Gasteiger partial charge on any atom is -0.370 e. The Balaban J connectivity index is 0.000000677. The summed E-state index contributed by atoms with van der Waals surface area (Å²) in [5, 5.41) is 4.40. The molecule has 0 radical (unpaired) electrons. The molecule has 3 fully saturated rings. The van der Waals surface area contributed by atoms with Crippen molar-refractivity contribution in [3.63, 3.8) is 0 Å². The third kappa shape index (κ3) is 7.89. The molecular formula is C29H39CrF3N5O2-. The summed E-state index contributed by atoms with van der Waals surface area (Å²) < 4.78 is 44.2. The molecule has 11 heteroatoms. The number of hydrogen-bond acceptors (Lipinski definition) is 4. The number of hydrogen-bond donors (Lipinski definition) is 1. The summed E-state index contributed by atoms with van der Waals surface area (Å²) in [4.78, 5) is 27.3. The van der Waals surface area contributed by atoms with Crippen molar-refractivity contribution >= 4 is 11.8 Å². The predicted molar refractivity (Wildman–Crippen MR) is 142 cm³/mol. The van der Waals surface area contributed by atoms with Crippen molar-refractivity contribution in [2.45, 2.75) is 96.2 Å². The number of aryl methyl sites for hydroxylation is 1. The molecule has 7 nitrogen and oxygen atoms in total. The van der Waals surface area contributed by atoms with Crippen LogP contribution in [0.4, 0.5) is 13.2 Å². The topological polar surface area (TPSA) is 84.5 Å². The van der Waals surface area contributed by atoms with Gasteiger partial charge in [-0.2, -0.15) is 25.5 Å². The third-order valence-electron chi connectivity index (χ3n) is 7.73. The molecule has 0 spiro atoms. The smallest absolute Gasteiger partial charge is 0.286 e. The normalized spacial score (nSPS) is 21.4. The first-order valence-electron chi connectivity index (χ1n) is 13.9. The van der Waals surface area contributed by atoms with Gasteiger partial charge in [0, 0.05) is 55.0 Å². The third-order valence-corrected chi connectivity index (χ3v) is 7.73. The number of amides is 2. The minimum atomic E-state index is -3.09. The molecule has 2 atom stereocenters. The van der Waals surface area contributed by atoms with E-state index in [1.54, 1.807) is 18.7 Å². The van der Waals surface area contributed by atoms with Crippen LogP contribution in [0.5, 0.6) is 0 Å². The molecule has 5 rings (SSSR count). The molecule has 1 saturated carbocycles. The van der Waals surface area contributed by atoms with E-state index in [1.165, 1.54) is 29.3 Å². The van der Waals surface area contributed by atoms with Gasteiger partial charge in [-0.05, 0) is 51.3 Å². The Morgan fingerprint density at radius 3 is 2.30 bits per heavy atom. The first-order chi connectivity index (χ1) is 18.5. The van der Waals surface area contributed by atoms with Crippen LogP contribution < -0.4 is 5.73 Å². The van der Waals surface area contributed by atoms with Crippen LogP contribution >= 0.6 is 0 Å². The molecule has 2 amide bonds. The van der Waals surface area contributed by atoms with E-state index in [0.717, 1.165) is 52.1 Å². The number of likely N-dealkylation sites (tertiary alicyclic amines) is 2. The van der Waals surface area contributed by atoms with Crippen LogP contribution in [0.25, 0.3) is 0 Å². The van der Waals surface area contributed by atoms with Crippen molar-refractivity contribution in [3.05, 3.63) is 52.6 Å². The fourth-order valence-electron chi connectivity index (χ4n) is 5.63. The Morgan fingerprint density at radius 2 is 1.75 bits per heavy atom. The van der Waals surface area contributed by atoms with Crippen molar-refractivity contribution in [2.24, 2.45) is 5.73 Å². The van der Waals surface area contributed by atoms with E-state index in [4.69, 9.17) is 0 Å². The molecule has 2 aliphatic heterocycles. The fourth-order valence-corrected chi connectivity index (χ4v) is 5.63. The number of carbonyl (C=O) groups excluding carboxylic acids is 2. The Kier molecular flexibility index (Phi) is 10.9. The number of piperidine rings is 1. The molecule has 3 aliphatic rings. The second-order valence-corrected chi connectivity index (χ2v) is 11.0. The van der Waals surface area contributed by atoms with Crippen LogP contribution in [-0.2, 0) is 39.4 Å². The summed E-state index contributed by atoms with van der Waals surface area (Å²) in [6, 6.07) is 7.32. The molecule has 0 unspecified atom stereocenters. The zero-order chi connectivity index (χ0) is 28.3. The van der Waals surface area contributed by atoms with E-state index in [0.29, 0.717) is 29.8 Å². The largest absolute Gasteiger partial charge is 0.370 e. The van der Waals surface area contributed by atoms with Crippen molar-refractivity contribution < 1.29 is 40.1 Å². The van der Waals surface area contributed by atoms with Crippen LogP contribution in [0.2, 0.25) is 0 Å². The molecule has 3 heterocycles. The maximum absolute atomic E-state index is 14.4. The molecule has 220 valence electrons. The quantitative estimate of drug-likeness (QED) is 0.463. The zero-order valence-corrected chi connectivity index (χ0v) is 24.7. The van der Waals surface area contributed by atoms with Crippen LogP contribution in [0.3, 0.4) is 0 Å². The number of nitrogens with two attached hydrogens (primary N) is 1. The minimum absolute atomic E-state index is 0. The molecule has 2 N–H and O–H groups in total. The van der Waals surface area contributed by atoms with Gasteiger partial charge in [0.05, 0.1) is 11.7 Å². The summed E-state index contributed by atoms with van der Waals surface area (Å²) in [5.74, 6) is -3.74. The summed E-state index contributed by atoms with van der Waals surface area (Å²) in [5.41, 5.74) is 6.40. The van der Waals surface area contributed by atoms with E-state index >= 15 is 0 Å². The first kappa shape index (κ1) is 32.2. The molecule has 2 aromatic rings. The van der Waals surface area contributed by atoms with E-state index < -0.39 is 5.92 Å². The second-order valence-electron chi connectivity index (χ2n) is 11.0. The monoisotopic (exact) mass is 598 g/mol. The summed E-state index contributed by atoms with van der Waals surface area (Å²) in [7, 11) is 0. The van der Waals surface area contributed by atoms with Crippen molar-refractivity contribution in [2.75, 3.05) is 19.6 Å². The van der Waals surface area contributed by atoms with E-state index in [1.807, 2.05) is 0 Å². The summed E-state index contributed by atoms with van der Waals surface area (Å²) in [6.07, 6.45) is 6.51. The number of halogens is 3. The average molecular weight is 599 g/mol. The maximum atomic E-state index is 14.4. The van der Waals surface area contributed by atoms with Crippen LogP contribution in [0.1, 0.15) is 93.3 Å². The van der Waals surface area contributed by atoms with E-state index in [-0.39, 0.29) is 65.2 Å². The van der Waals surface area contributed by atoms with E-state index in [9.17, 15) is 22.8 Å². The molecule has 0 bridgehead atoms. The van der Waals surface area contributed by atoms with Crippen molar-refractivity contribution in [1.29, 1.82) is 0 Å². The molecule has 2 saturated heterocycles. The number of benzene rings is 1. The average Bonchev–Trinajstić information content (AvgIpc) is 3.47. The van der Waals surface area contributed by atoms with Gasteiger partial charge in [-0.3, -0.25) is 19.2 Å². The van der Waals surface area contributed by atoms with Crippen LogP contribution in [-0.4, -0.2) is 57.1 Å². The van der Waals surface area contributed by atoms with Gasteiger partial charge in [0.1, 0.15) is 12.2 Å². The Labute approximate surface area is 245 Å². The Hall–Kier alpha value is -2.35. The number of alkyl halides is 2. The summed E-state index contributed by atoms with van der Waals surface area (Å²) >= 11 is 0. The molecule has 40 heavy (non-hydrogen) atoms. The van der Waals surface area contributed by atoms with Gasteiger partial charge in [0.2, 0.25) is 11.8 Å². The van der Waals surface area contributed by atoms with Crippen molar-refractivity contribution in [1.82, 2.24) is 19.6 Å². The van der Waals surface area contributed by atoms with Gasteiger partial charge in [0.25, 0.3) is 5.92 Å². The zero-order valence-electron chi connectivity index (χ0n) is 23.5. The van der Waals surface area contributed by atoms with Crippen LogP contribution in [0.15, 0.2) is 18.2 Å². The van der Waals surface area contributed by atoms with Gasteiger partial charge in [0.15, 0.2) is 0 Å². The van der Waals surface area contributed by atoms with Gasteiger partial charge in [-0.15, -0.1) is 17.7 Å². The molecule has 1 aromatic carbocycles. The molecule has 1 aliphatic carbocycles. The first-order valence-corrected chi connectivity index (χ1v) is 13.9. The van der Waals surface area contributed by atoms with Gasteiger partial charge in [-0.25, -0.2) is 4.39 Å². The van der Waals surface area contributed by atoms with E-state index in [2.05, 4.69) is 21.8 Å². The summed E-state index contributed by atoms with van der Waals surface area (Å²) in [6.45, 7) is 6.52. The number of nitrogens with zero attached hydrogens (tertiary/aromatic N) is 4. The maximum Gasteiger partial charge on any atom is 0.286 e. The van der Waals surface area contributed by atoms with Gasteiger partial charge >= 0.3 is 0 Å². The molecular weight excluding hydrogens is 559 g/mol. The van der Waals surface area contributed by atoms with Crippen molar-refractivity contribution in [3.8, 4) is 0 Å². The second kappa shape index (κ2) is 13.5. The fraction of sp³-hybridized carbons (Fsp3) is 0.621. The van der Waals surface area contributed by atoms with Gasteiger partial charge in [-0.1, -0.05) is 20.3 Å².